The van der Waals surface area contributed by atoms with Gasteiger partial charge in [0.05, 0.1) is 24.5 Å². The molecule has 150 valence electrons. The molecule has 1 saturated heterocycles. The van der Waals surface area contributed by atoms with Crippen molar-refractivity contribution >= 4 is 17.5 Å². The van der Waals surface area contributed by atoms with Crippen LogP contribution in [0.25, 0.3) is 0 Å². The van der Waals surface area contributed by atoms with Gasteiger partial charge in [0.25, 0.3) is 0 Å². The first-order valence-electron chi connectivity index (χ1n) is 8.79. The van der Waals surface area contributed by atoms with Gasteiger partial charge in [0, 0.05) is 46.1 Å². The summed E-state index contributed by atoms with van der Waals surface area (Å²) >= 11 is 0. The summed E-state index contributed by atoms with van der Waals surface area (Å²) in [4.78, 5) is 27.6. The van der Waals surface area contributed by atoms with Crippen LogP contribution in [0.15, 0.2) is 24.3 Å². The number of carbonyl (C=O) groups excluding carboxylic acids is 2. The van der Waals surface area contributed by atoms with Gasteiger partial charge in [0.2, 0.25) is 11.8 Å². The third kappa shape index (κ3) is 6.84. The number of anilines is 1. The van der Waals surface area contributed by atoms with Gasteiger partial charge in [0.15, 0.2) is 0 Å². The van der Waals surface area contributed by atoms with Crippen LogP contribution in [0.1, 0.15) is 18.9 Å². The normalized spacial score (nSPS) is 15.4. The lowest BCUT2D eigenvalue weighted by molar-refractivity contribution is -0.137. The molecule has 2 rings (SSSR count). The van der Waals surface area contributed by atoms with Crippen LogP contribution in [-0.4, -0.2) is 67.6 Å². The molecule has 6 nitrogen and oxygen atoms in total. The maximum absolute atomic E-state index is 13.0. The summed E-state index contributed by atoms with van der Waals surface area (Å²) in [6, 6.07) is 4.82. The Morgan fingerprint density at radius 3 is 2.48 bits per heavy atom. The zero-order valence-electron chi connectivity index (χ0n) is 15.2. The van der Waals surface area contributed by atoms with Crippen LogP contribution in [0.5, 0.6) is 0 Å². The predicted octanol–water partition coefficient (Wildman–Crippen LogP) is 2.21. The summed E-state index contributed by atoms with van der Waals surface area (Å²) in [6.07, 6.45) is -4.62. The topological polar surface area (TPSA) is 61.9 Å². The molecule has 1 aromatic carbocycles. The van der Waals surface area contributed by atoms with Crippen molar-refractivity contribution in [2.45, 2.75) is 19.5 Å². The van der Waals surface area contributed by atoms with Crippen LogP contribution in [-0.2, 0) is 20.5 Å². The molecule has 0 radical (unpaired) electrons. The van der Waals surface area contributed by atoms with Crippen molar-refractivity contribution in [2.75, 3.05) is 51.3 Å². The number of nitrogens with one attached hydrogen (secondary N) is 1. The fraction of sp³-hybridized carbons (Fsp3) is 0.556. The van der Waals surface area contributed by atoms with Crippen LogP contribution in [0.2, 0.25) is 0 Å². The van der Waals surface area contributed by atoms with Crippen LogP contribution in [0, 0.1) is 0 Å². The summed E-state index contributed by atoms with van der Waals surface area (Å²) in [5.41, 5.74) is -1.17. The van der Waals surface area contributed by atoms with Crippen LogP contribution in [0.3, 0.4) is 0 Å². The van der Waals surface area contributed by atoms with Gasteiger partial charge in [-0.25, -0.2) is 0 Å². The van der Waals surface area contributed by atoms with E-state index in [0.29, 0.717) is 26.3 Å². The smallest absolute Gasteiger partial charge is 0.379 e. The first kappa shape index (κ1) is 21.2. The van der Waals surface area contributed by atoms with E-state index in [2.05, 4.69) is 10.2 Å². The summed E-state index contributed by atoms with van der Waals surface area (Å²) < 4.78 is 44.2. The molecule has 0 aromatic heterocycles. The molecule has 1 heterocycles. The molecular weight excluding hydrogens is 363 g/mol. The molecule has 1 fully saturated rings. The maximum Gasteiger partial charge on any atom is 0.418 e. The van der Waals surface area contributed by atoms with Gasteiger partial charge in [-0.1, -0.05) is 12.1 Å². The van der Waals surface area contributed by atoms with Crippen LogP contribution >= 0.6 is 0 Å². The van der Waals surface area contributed by atoms with E-state index in [1.165, 1.54) is 30.0 Å². The van der Waals surface area contributed by atoms with E-state index in [9.17, 15) is 22.8 Å². The van der Waals surface area contributed by atoms with Crippen molar-refractivity contribution in [1.82, 2.24) is 9.80 Å². The molecule has 27 heavy (non-hydrogen) atoms. The number of benzene rings is 1. The van der Waals surface area contributed by atoms with E-state index in [0.717, 1.165) is 19.2 Å². The minimum atomic E-state index is -4.55. The average Bonchev–Trinajstić information content (AvgIpc) is 2.61. The van der Waals surface area contributed by atoms with Gasteiger partial charge in [-0.15, -0.1) is 0 Å². The maximum atomic E-state index is 13.0. The number of amides is 2. The van der Waals surface area contributed by atoms with E-state index in [-0.39, 0.29) is 24.6 Å². The number of hydrogen-bond acceptors (Lipinski definition) is 4. The lowest BCUT2D eigenvalue weighted by Crippen LogP contribution is -2.43. The second-order valence-corrected chi connectivity index (χ2v) is 6.30. The third-order valence-electron chi connectivity index (χ3n) is 4.35. The van der Waals surface area contributed by atoms with E-state index in [1.807, 2.05) is 0 Å². The molecule has 1 aromatic rings. The SMILES string of the molecule is CC(=O)N(CCC(=O)Nc1ccccc1C(F)(F)F)CCN1CCOCC1. The highest BCUT2D eigenvalue weighted by Gasteiger charge is 2.33. The number of nitrogens with zero attached hydrogens (tertiary/aromatic N) is 2. The van der Waals surface area contributed by atoms with Gasteiger partial charge in [-0.05, 0) is 12.1 Å². The van der Waals surface area contributed by atoms with Gasteiger partial charge in [-0.2, -0.15) is 13.2 Å². The standard InChI is InChI=1S/C18H24F3N3O3/c1-14(25)24(9-8-23-10-12-27-13-11-23)7-6-17(26)22-16-5-3-2-4-15(16)18(19,20)21/h2-5H,6-13H2,1H3,(H,22,26). The predicted molar refractivity (Wildman–Crippen MR) is 94.2 cm³/mol. The Morgan fingerprint density at radius 2 is 1.85 bits per heavy atom. The molecule has 0 spiro atoms. The highest BCUT2D eigenvalue weighted by Crippen LogP contribution is 2.34. The van der Waals surface area contributed by atoms with Crippen molar-refractivity contribution in [3.05, 3.63) is 29.8 Å². The van der Waals surface area contributed by atoms with Gasteiger partial charge in [-0.3, -0.25) is 14.5 Å². The summed E-state index contributed by atoms with van der Waals surface area (Å²) in [7, 11) is 0. The Hall–Kier alpha value is -2.13. The van der Waals surface area contributed by atoms with Crippen molar-refractivity contribution < 1.29 is 27.5 Å². The summed E-state index contributed by atoms with van der Waals surface area (Å²) in [5.74, 6) is -0.740. The summed E-state index contributed by atoms with van der Waals surface area (Å²) in [6.45, 7) is 5.59. The van der Waals surface area contributed by atoms with Gasteiger partial charge >= 0.3 is 6.18 Å². The van der Waals surface area contributed by atoms with Crippen molar-refractivity contribution in [3.8, 4) is 0 Å². The van der Waals surface area contributed by atoms with E-state index >= 15 is 0 Å². The first-order valence-corrected chi connectivity index (χ1v) is 8.79. The highest BCUT2D eigenvalue weighted by atomic mass is 19.4. The molecule has 9 heteroatoms. The second kappa shape index (κ2) is 9.70. The molecule has 0 bridgehead atoms. The second-order valence-electron chi connectivity index (χ2n) is 6.30. The minimum Gasteiger partial charge on any atom is -0.379 e. The Morgan fingerprint density at radius 1 is 1.19 bits per heavy atom. The zero-order valence-corrected chi connectivity index (χ0v) is 15.2. The first-order chi connectivity index (χ1) is 12.8. The van der Waals surface area contributed by atoms with Crippen LogP contribution in [0.4, 0.5) is 18.9 Å². The van der Waals surface area contributed by atoms with Gasteiger partial charge in [0.1, 0.15) is 0 Å². The average molecular weight is 387 g/mol. The Labute approximate surface area is 156 Å². The van der Waals surface area contributed by atoms with Crippen LogP contribution < -0.4 is 5.32 Å². The fourth-order valence-electron chi connectivity index (χ4n) is 2.80. The van der Waals surface area contributed by atoms with Gasteiger partial charge < -0.3 is 15.0 Å². The lowest BCUT2D eigenvalue weighted by Gasteiger charge is -2.29. The molecule has 1 aliphatic heterocycles. The Kier molecular flexibility index (Phi) is 7.61. The molecule has 0 aliphatic carbocycles. The minimum absolute atomic E-state index is 0.0745. The molecule has 0 atom stereocenters. The largest absolute Gasteiger partial charge is 0.418 e. The number of hydrogen-bond donors (Lipinski definition) is 1. The molecule has 0 saturated carbocycles. The number of carbonyl (C=O) groups is 2. The number of alkyl halides is 3. The molecule has 1 aliphatic rings. The number of rotatable bonds is 7. The van der Waals surface area contributed by atoms with E-state index < -0.39 is 17.6 Å². The van der Waals surface area contributed by atoms with E-state index in [4.69, 9.17) is 4.74 Å². The Bertz CT molecular complexity index is 646. The number of ether oxygens (including phenoxy) is 1. The number of halogens is 3. The van der Waals surface area contributed by atoms with Crippen molar-refractivity contribution in [2.24, 2.45) is 0 Å². The molecule has 1 N–H and O–H groups in total. The number of para-hydroxylation sites is 1. The van der Waals surface area contributed by atoms with Crippen molar-refractivity contribution in [1.29, 1.82) is 0 Å². The fourth-order valence-corrected chi connectivity index (χ4v) is 2.80. The Balaban J connectivity index is 1.86. The highest BCUT2D eigenvalue weighted by molar-refractivity contribution is 5.92. The third-order valence-corrected chi connectivity index (χ3v) is 4.35. The summed E-state index contributed by atoms with van der Waals surface area (Å²) in [5, 5.41) is 2.29. The van der Waals surface area contributed by atoms with Crippen molar-refractivity contribution in [3.63, 3.8) is 0 Å². The molecular formula is C18H24F3N3O3. The quantitative estimate of drug-likeness (QED) is 0.779. The zero-order chi connectivity index (χ0) is 19.9. The molecule has 2 amide bonds. The monoisotopic (exact) mass is 387 g/mol. The van der Waals surface area contributed by atoms with E-state index in [1.54, 1.807) is 0 Å². The number of morpholine rings is 1. The molecule has 0 unspecified atom stereocenters. The lowest BCUT2D eigenvalue weighted by atomic mass is 10.1.